The molecule has 5 rings (SSSR count). The van der Waals surface area contributed by atoms with Crippen LogP contribution in [0, 0.1) is 17.7 Å². The highest BCUT2D eigenvalue weighted by Crippen LogP contribution is 2.28. The Labute approximate surface area is 223 Å². The Bertz CT molecular complexity index is 1300. The van der Waals surface area contributed by atoms with E-state index in [0.29, 0.717) is 37.1 Å². The molecule has 7 heteroatoms. The molecule has 0 aliphatic carbocycles. The molecule has 3 heterocycles. The van der Waals surface area contributed by atoms with Crippen LogP contribution in [0.4, 0.5) is 10.1 Å². The van der Waals surface area contributed by atoms with E-state index < -0.39 is 6.10 Å². The second kappa shape index (κ2) is 11.4. The molecule has 1 amide bonds. The van der Waals surface area contributed by atoms with Crippen LogP contribution in [0.2, 0.25) is 0 Å². The Hall–Kier alpha value is -3.60. The highest BCUT2D eigenvalue weighted by molar-refractivity contribution is 5.95. The molecule has 3 aromatic rings. The van der Waals surface area contributed by atoms with Crippen LogP contribution >= 0.6 is 0 Å². The SMILES string of the molecule is C[C@@H]1CN(c2ccc(C(=O)N3CC[C@H](O)[C@@H](n4cccc4)CC3)cc2C#Cc2ccc(F)cc2)C[C@H](C)O1. The van der Waals surface area contributed by atoms with Crippen LogP contribution in [-0.2, 0) is 4.74 Å². The van der Waals surface area contributed by atoms with Gasteiger partial charge in [0.15, 0.2) is 0 Å². The Balaban J connectivity index is 1.42. The van der Waals surface area contributed by atoms with Crippen molar-refractivity contribution in [3.63, 3.8) is 0 Å². The number of hydrogen-bond acceptors (Lipinski definition) is 4. The van der Waals surface area contributed by atoms with Crippen molar-refractivity contribution >= 4 is 11.6 Å². The van der Waals surface area contributed by atoms with Crippen molar-refractivity contribution in [2.45, 2.75) is 51.0 Å². The molecule has 4 atom stereocenters. The maximum Gasteiger partial charge on any atom is 0.253 e. The number of aromatic nitrogens is 1. The first-order chi connectivity index (χ1) is 18.4. The minimum absolute atomic E-state index is 0.0485. The van der Waals surface area contributed by atoms with Crippen LogP contribution in [0.1, 0.15) is 54.2 Å². The van der Waals surface area contributed by atoms with Gasteiger partial charge in [0.1, 0.15) is 5.82 Å². The van der Waals surface area contributed by atoms with Gasteiger partial charge >= 0.3 is 0 Å². The minimum Gasteiger partial charge on any atom is -0.391 e. The second-order valence-corrected chi connectivity index (χ2v) is 10.3. The van der Waals surface area contributed by atoms with E-state index in [1.165, 1.54) is 12.1 Å². The lowest BCUT2D eigenvalue weighted by Gasteiger charge is -2.37. The summed E-state index contributed by atoms with van der Waals surface area (Å²) in [6, 6.07) is 15.7. The number of rotatable bonds is 3. The summed E-state index contributed by atoms with van der Waals surface area (Å²) in [6.07, 6.45) is 4.77. The molecule has 1 aromatic heterocycles. The molecular weight excluding hydrogens is 481 g/mol. The normalized spacial score (nSPS) is 23.9. The number of aliphatic hydroxyl groups excluding tert-OH is 1. The number of amides is 1. The van der Waals surface area contributed by atoms with Crippen molar-refractivity contribution < 1.29 is 19.0 Å². The number of morpholine rings is 1. The monoisotopic (exact) mass is 515 g/mol. The lowest BCUT2D eigenvalue weighted by atomic mass is 10.0. The number of hydrogen-bond donors (Lipinski definition) is 1. The number of halogens is 1. The molecule has 2 aliphatic rings. The van der Waals surface area contributed by atoms with E-state index >= 15 is 0 Å². The first-order valence-electron chi connectivity index (χ1n) is 13.3. The van der Waals surface area contributed by atoms with Gasteiger partial charge in [-0.1, -0.05) is 11.8 Å². The first kappa shape index (κ1) is 26.0. The third-order valence-electron chi connectivity index (χ3n) is 7.32. The van der Waals surface area contributed by atoms with Crippen LogP contribution in [0.3, 0.4) is 0 Å². The van der Waals surface area contributed by atoms with Crippen molar-refractivity contribution in [2.24, 2.45) is 0 Å². The number of aliphatic hydroxyl groups is 1. The predicted molar refractivity (Wildman–Crippen MR) is 146 cm³/mol. The van der Waals surface area contributed by atoms with Crippen LogP contribution in [0.5, 0.6) is 0 Å². The maximum atomic E-state index is 13.6. The average molecular weight is 516 g/mol. The van der Waals surface area contributed by atoms with Gasteiger partial charge < -0.3 is 24.2 Å². The van der Waals surface area contributed by atoms with Crippen molar-refractivity contribution in [1.29, 1.82) is 0 Å². The molecule has 0 spiro atoms. The Kier molecular flexibility index (Phi) is 7.82. The van der Waals surface area contributed by atoms with E-state index in [0.717, 1.165) is 24.3 Å². The zero-order valence-electron chi connectivity index (χ0n) is 21.9. The van der Waals surface area contributed by atoms with Gasteiger partial charge in [0.2, 0.25) is 0 Å². The van der Waals surface area contributed by atoms with Crippen LogP contribution in [0.25, 0.3) is 0 Å². The molecule has 2 aliphatic heterocycles. The van der Waals surface area contributed by atoms with Gasteiger partial charge in [-0.15, -0.1) is 0 Å². The average Bonchev–Trinajstić information content (AvgIpc) is 3.36. The highest BCUT2D eigenvalue weighted by atomic mass is 19.1. The fourth-order valence-electron chi connectivity index (χ4n) is 5.47. The summed E-state index contributed by atoms with van der Waals surface area (Å²) in [5, 5.41) is 10.7. The van der Waals surface area contributed by atoms with Crippen molar-refractivity contribution in [1.82, 2.24) is 9.47 Å². The number of anilines is 1. The van der Waals surface area contributed by atoms with E-state index in [9.17, 15) is 14.3 Å². The van der Waals surface area contributed by atoms with Gasteiger partial charge in [-0.3, -0.25) is 4.79 Å². The number of ether oxygens (including phenoxy) is 1. The molecule has 0 bridgehead atoms. The molecule has 0 unspecified atom stereocenters. The number of carbonyl (C=O) groups is 1. The van der Waals surface area contributed by atoms with Crippen LogP contribution in [0.15, 0.2) is 67.0 Å². The van der Waals surface area contributed by atoms with E-state index in [1.807, 2.05) is 52.2 Å². The lowest BCUT2D eigenvalue weighted by Crippen LogP contribution is -2.45. The fourth-order valence-corrected chi connectivity index (χ4v) is 5.47. The van der Waals surface area contributed by atoms with Gasteiger partial charge in [0.25, 0.3) is 5.91 Å². The maximum absolute atomic E-state index is 13.6. The minimum atomic E-state index is -0.509. The van der Waals surface area contributed by atoms with E-state index in [-0.39, 0.29) is 30.0 Å². The van der Waals surface area contributed by atoms with Crippen molar-refractivity contribution in [3.8, 4) is 11.8 Å². The van der Waals surface area contributed by atoms with Gasteiger partial charge in [0.05, 0.1) is 30.0 Å². The first-order valence-corrected chi connectivity index (χ1v) is 13.3. The molecule has 6 nitrogen and oxygen atoms in total. The van der Waals surface area contributed by atoms with E-state index in [2.05, 4.69) is 30.6 Å². The molecule has 38 heavy (non-hydrogen) atoms. The van der Waals surface area contributed by atoms with Gasteiger partial charge in [-0.05, 0) is 81.3 Å². The van der Waals surface area contributed by atoms with Crippen molar-refractivity contribution in [3.05, 3.63) is 89.5 Å². The smallest absolute Gasteiger partial charge is 0.253 e. The zero-order valence-corrected chi connectivity index (χ0v) is 21.9. The fraction of sp³-hybridized carbons (Fsp3) is 0.387. The summed E-state index contributed by atoms with van der Waals surface area (Å²) in [4.78, 5) is 17.7. The van der Waals surface area contributed by atoms with Crippen LogP contribution in [-0.4, -0.2) is 65.0 Å². The summed E-state index contributed by atoms with van der Waals surface area (Å²) < 4.78 is 21.3. The van der Waals surface area contributed by atoms with Crippen LogP contribution < -0.4 is 4.90 Å². The molecule has 0 radical (unpaired) electrons. The van der Waals surface area contributed by atoms with E-state index in [1.54, 1.807) is 12.1 Å². The quantitative estimate of drug-likeness (QED) is 0.523. The molecule has 1 N–H and O–H groups in total. The number of carbonyl (C=O) groups excluding carboxylic acids is 1. The number of nitrogens with zero attached hydrogens (tertiary/aromatic N) is 3. The Morgan fingerprint density at radius 3 is 2.37 bits per heavy atom. The summed E-state index contributed by atoms with van der Waals surface area (Å²) in [7, 11) is 0. The molecular formula is C31H34FN3O3. The third-order valence-corrected chi connectivity index (χ3v) is 7.32. The predicted octanol–water partition coefficient (Wildman–Crippen LogP) is 4.48. The summed E-state index contributed by atoms with van der Waals surface area (Å²) in [6.45, 7) is 6.63. The lowest BCUT2D eigenvalue weighted by molar-refractivity contribution is -0.00523. The molecule has 2 aromatic carbocycles. The topological polar surface area (TPSA) is 57.9 Å². The largest absolute Gasteiger partial charge is 0.391 e. The standard InChI is InChI=1S/C31H34FN3O3/c1-22-20-35(21-23(2)38-22)28-12-9-26(19-25(28)8-5-24-6-10-27(32)11-7-24)31(37)34-17-13-29(30(36)14-18-34)33-15-3-4-16-33/h3-4,6-7,9-12,15-16,19,22-23,29-30,36H,13-14,17-18,20-21H2,1-2H3/t22-,23+,29-,30-/m0/s1. The van der Waals surface area contributed by atoms with Gasteiger partial charge in [-0.2, -0.15) is 0 Å². The number of benzene rings is 2. The van der Waals surface area contributed by atoms with E-state index in [4.69, 9.17) is 4.74 Å². The third kappa shape index (κ3) is 5.93. The second-order valence-electron chi connectivity index (χ2n) is 10.3. The summed E-state index contributed by atoms with van der Waals surface area (Å²) in [5.74, 6) is 6.02. The summed E-state index contributed by atoms with van der Waals surface area (Å²) >= 11 is 0. The molecule has 2 fully saturated rings. The van der Waals surface area contributed by atoms with Gasteiger partial charge in [0, 0.05) is 55.3 Å². The number of likely N-dealkylation sites (tertiary alicyclic amines) is 1. The molecule has 0 saturated carbocycles. The van der Waals surface area contributed by atoms with Crippen molar-refractivity contribution in [2.75, 3.05) is 31.1 Å². The zero-order chi connectivity index (χ0) is 26.6. The molecule has 2 saturated heterocycles. The highest BCUT2D eigenvalue weighted by Gasteiger charge is 2.29. The molecule has 198 valence electrons. The summed E-state index contributed by atoms with van der Waals surface area (Å²) in [5.41, 5.74) is 2.98. The van der Waals surface area contributed by atoms with Gasteiger partial charge in [-0.25, -0.2) is 4.39 Å². The Morgan fingerprint density at radius 2 is 1.66 bits per heavy atom. The Morgan fingerprint density at radius 1 is 0.974 bits per heavy atom.